The largest absolute Gasteiger partial charge is 0.432 e. The van der Waals surface area contributed by atoms with Gasteiger partial charge in [0.05, 0.1) is 0 Å². The van der Waals surface area contributed by atoms with Gasteiger partial charge in [0.1, 0.15) is 12.2 Å². The molecule has 0 amide bonds. The molecule has 0 bridgehead atoms. The first-order chi connectivity index (χ1) is 12.5. The molecular weight excluding hydrogens is 352 g/mol. The van der Waals surface area contributed by atoms with Crippen molar-refractivity contribution in [3.63, 3.8) is 0 Å². The molecule has 0 radical (unpaired) electrons. The van der Waals surface area contributed by atoms with Gasteiger partial charge in [0.15, 0.2) is 23.8 Å². The van der Waals surface area contributed by atoms with E-state index in [0.717, 1.165) is 5.56 Å². The van der Waals surface area contributed by atoms with Gasteiger partial charge < -0.3 is 24.1 Å². The zero-order valence-corrected chi connectivity index (χ0v) is 15.8. The van der Waals surface area contributed by atoms with E-state index in [9.17, 15) is 14.7 Å². The number of aliphatic hydroxyl groups is 1. The maximum atomic E-state index is 13.0. The van der Waals surface area contributed by atoms with Gasteiger partial charge in [-0.2, -0.15) is 0 Å². The van der Waals surface area contributed by atoms with Gasteiger partial charge in [-0.3, -0.25) is 4.79 Å². The van der Waals surface area contributed by atoms with Crippen molar-refractivity contribution in [2.45, 2.75) is 63.7 Å². The monoisotopic (exact) mass is 376 g/mol. The van der Waals surface area contributed by atoms with E-state index in [-0.39, 0.29) is 5.78 Å². The zero-order valence-electron chi connectivity index (χ0n) is 15.8. The van der Waals surface area contributed by atoms with E-state index in [1.165, 1.54) is 0 Å². The lowest BCUT2D eigenvalue weighted by Gasteiger charge is -2.25. The third-order valence-corrected chi connectivity index (χ3v) is 4.45. The van der Waals surface area contributed by atoms with Crippen LogP contribution in [0.4, 0.5) is 0 Å². The number of cyclic esters (lactones) is 1. The summed E-state index contributed by atoms with van der Waals surface area (Å²) in [5, 5.41) is 10.7. The quantitative estimate of drug-likeness (QED) is 0.621. The number of ether oxygens (including phenoxy) is 4. The van der Waals surface area contributed by atoms with Crippen LogP contribution in [0.2, 0.25) is 0 Å². The SMILES string of the molecule is C=Cc1ccc(C(=O)[C@@H]2OC(C)(C)O[C@H]2[C@H](O)[C@@H]2OC(C)(C)OC2=O)cc1. The molecule has 1 aromatic rings. The first kappa shape index (κ1) is 19.7. The lowest BCUT2D eigenvalue weighted by atomic mass is 9.96. The highest BCUT2D eigenvalue weighted by molar-refractivity contribution is 6.00. The fourth-order valence-corrected chi connectivity index (χ4v) is 3.25. The number of ketones is 1. The molecule has 2 heterocycles. The second-order valence-corrected chi connectivity index (χ2v) is 7.56. The van der Waals surface area contributed by atoms with E-state index in [4.69, 9.17) is 18.9 Å². The number of esters is 1. The summed E-state index contributed by atoms with van der Waals surface area (Å²) in [6.07, 6.45) is -3.20. The Morgan fingerprint density at radius 3 is 2.26 bits per heavy atom. The molecule has 1 aromatic carbocycles. The Morgan fingerprint density at radius 2 is 1.74 bits per heavy atom. The lowest BCUT2D eigenvalue weighted by molar-refractivity contribution is -0.178. The van der Waals surface area contributed by atoms with Crippen LogP contribution in [-0.4, -0.2) is 52.8 Å². The van der Waals surface area contributed by atoms with Crippen LogP contribution in [0.25, 0.3) is 6.08 Å². The van der Waals surface area contributed by atoms with E-state index in [2.05, 4.69) is 6.58 Å². The molecule has 2 fully saturated rings. The summed E-state index contributed by atoms with van der Waals surface area (Å²) in [6, 6.07) is 6.82. The van der Waals surface area contributed by atoms with Crippen LogP contribution < -0.4 is 0 Å². The van der Waals surface area contributed by atoms with Crippen LogP contribution in [0.5, 0.6) is 0 Å². The molecule has 2 aliphatic heterocycles. The lowest BCUT2D eigenvalue weighted by Crippen LogP contribution is -2.48. The Bertz CT molecular complexity index is 750. The molecule has 0 aromatic heterocycles. The molecule has 27 heavy (non-hydrogen) atoms. The minimum absolute atomic E-state index is 0.356. The van der Waals surface area contributed by atoms with Gasteiger partial charge in [-0.1, -0.05) is 36.9 Å². The highest BCUT2D eigenvalue weighted by atomic mass is 16.8. The highest BCUT2D eigenvalue weighted by Gasteiger charge is 2.55. The van der Waals surface area contributed by atoms with E-state index < -0.39 is 42.0 Å². The fraction of sp³-hybridized carbons (Fsp3) is 0.500. The van der Waals surface area contributed by atoms with Gasteiger partial charge in [0, 0.05) is 19.4 Å². The number of rotatable bonds is 5. The average molecular weight is 376 g/mol. The number of aliphatic hydroxyl groups excluding tert-OH is 1. The Hall–Kier alpha value is -2.06. The standard InChI is InChI=1S/C20H24O7/c1-6-11-7-9-12(10-8-11)13(21)15-16(25-19(2,3)24-15)14(22)17-18(23)27-20(4,5)26-17/h6-10,14-17,22H,1H2,2-5H3/t14-,15-,16-,17-/m0/s1. The normalized spacial score (nSPS) is 30.0. The topological polar surface area (TPSA) is 91.3 Å². The first-order valence-electron chi connectivity index (χ1n) is 8.74. The molecule has 146 valence electrons. The van der Waals surface area contributed by atoms with Crippen LogP contribution in [0, 0.1) is 0 Å². The van der Waals surface area contributed by atoms with Crippen molar-refractivity contribution in [2.75, 3.05) is 0 Å². The molecule has 0 spiro atoms. The maximum absolute atomic E-state index is 13.0. The number of carbonyl (C=O) groups is 2. The van der Waals surface area contributed by atoms with E-state index in [1.807, 2.05) is 0 Å². The molecule has 0 unspecified atom stereocenters. The maximum Gasteiger partial charge on any atom is 0.340 e. The Balaban J connectivity index is 1.85. The second-order valence-electron chi connectivity index (χ2n) is 7.56. The number of benzene rings is 1. The van der Waals surface area contributed by atoms with Crippen LogP contribution in [0.15, 0.2) is 30.8 Å². The van der Waals surface area contributed by atoms with Gasteiger partial charge in [-0.25, -0.2) is 4.79 Å². The number of carbonyl (C=O) groups excluding carboxylic acids is 2. The summed E-state index contributed by atoms with van der Waals surface area (Å²) in [5.74, 6) is -3.32. The smallest absolute Gasteiger partial charge is 0.340 e. The van der Waals surface area contributed by atoms with E-state index in [0.29, 0.717) is 5.56 Å². The second kappa shape index (κ2) is 6.83. The van der Waals surface area contributed by atoms with Gasteiger partial charge in [0.2, 0.25) is 5.79 Å². The van der Waals surface area contributed by atoms with Crippen LogP contribution in [0.1, 0.15) is 43.6 Å². The van der Waals surface area contributed by atoms with Crippen LogP contribution in [0.3, 0.4) is 0 Å². The minimum atomic E-state index is -1.43. The first-order valence-corrected chi connectivity index (χ1v) is 8.74. The Labute approximate surface area is 157 Å². The van der Waals surface area contributed by atoms with Crippen molar-refractivity contribution in [1.82, 2.24) is 0 Å². The molecule has 3 rings (SSSR count). The van der Waals surface area contributed by atoms with Crippen LogP contribution in [-0.2, 0) is 23.7 Å². The predicted octanol–water partition coefficient (Wildman–Crippen LogP) is 2.07. The van der Waals surface area contributed by atoms with E-state index >= 15 is 0 Å². The van der Waals surface area contributed by atoms with Gasteiger partial charge in [-0.15, -0.1) is 0 Å². The van der Waals surface area contributed by atoms with Crippen molar-refractivity contribution in [2.24, 2.45) is 0 Å². The molecule has 1 N–H and O–H groups in total. The minimum Gasteiger partial charge on any atom is -0.432 e. The van der Waals surface area contributed by atoms with Crippen molar-refractivity contribution in [3.05, 3.63) is 42.0 Å². The van der Waals surface area contributed by atoms with Crippen molar-refractivity contribution >= 4 is 17.8 Å². The summed E-state index contributed by atoms with van der Waals surface area (Å²) in [6.45, 7) is 10.1. The Morgan fingerprint density at radius 1 is 1.11 bits per heavy atom. The van der Waals surface area contributed by atoms with Crippen molar-refractivity contribution < 1.29 is 33.6 Å². The Kier molecular flexibility index (Phi) is 4.98. The molecular formula is C20H24O7. The predicted molar refractivity (Wildman–Crippen MR) is 95.7 cm³/mol. The number of hydrogen-bond donors (Lipinski definition) is 1. The summed E-state index contributed by atoms with van der Waals surface area (Å²) in [7, 11) is 0. The van der Waals surface area contributed by atoms with Gasteiger partial charge in [0.25, 0.3) is 0 Å². The highest BCUT2D eigenvalue weighted by Crippen LogP contribution is 2.36. The number of hydrogen-bond acceptors (Lipinski definition) is 7. The molecule has 7 heteroatoms. The van der Waals surface area contributed by atoms with Crippen molar-refractivity contribution in [3.8, 4) is 0 Å². The van der Waals surface area contributed by atoms with E-state index in [1.54, 1.807) is 58.0 Å². The van der Waals surface area contributed by atoms with Crippen molar-refractivity contribution in [1.29, 1.82) is 0 Å². The summed E-state index contributed by atoms with van der Waals surface area (Å²) >= 11 is 0. The average Bonchev–Trinajstić information content (AvgIpc) is 3.08. The molecule has 2 saturated heterocycles. The summed E-state index contributed by atoms with van der Waals surface area (Å²) in [4.78, 5) is 25.0. The third-order valence-electron chi connectivity index (χ3n) is 4.45. The third kappa shape index (κ3) is 3.96. The fourth-order valence-electron chi connectivity index (χ4n) is 3.25. The summed E-state index contributed by atoms with van der Waals surface area (Å²) < 4.78 is 22.1. The summed E-state index contributed by atoms with van der Waals surface area (Å²) in [5.41, 5.74) is 1.27. The number of Topliss-reactive ketones (excluding diaryl/α,β-unsaturated/α-hetero) is 1. The molecule has 0 aliphatic carbocycles. The van der Waals surface area contributed by atoms with Crippen LogP contribution >= 0.6 is 0 Å². The molecule has 2 aliphatic rings. The zero-order chi connectivity index (χ0) is 20.0. The molecule has 0 saturated carbocycles. The van der Waals surface area contributed by atoms with Gasteiger partial charge >= 0.3 is 5.97 Å². The molecule has 7 nitrogen and oxygen atoms in total. The molecule has 4 atom stereocenters. The van der Waals surface area contributed by atoms with Gasteiger partial charge in [-0.05, 0) is 19.4 Å².